The van der Waals surface area contributed by atoms with Crippen molar-refractivity contribution in [2.24, 2.45) is 5.92 Å². The zero-order chi connectivity index (χ0) is 18.1. The average Bonchev–Trinajstić information content (AvgIpc) is 2.65. The van der Waals surface area contributed by atoms with E-state index in [2.05, 4.69) is 29.9 Å². The first-order valence-corrected chi connectivity index (χ1v) is 8.80. The minimum atomic E-state index is -0.298. The predicted octanol–water partition coefficient (Wildman–Crippen LogP) is 3.67. The monoisotopic (exact) mass is 338 g/mol. The molecule has 0 aliphatic carbocycles. The minimum absolute atomic E-state index is 0.168. The van der Waals surface area contributed by atoms with E-state index < -0.39 is 0 Å². The van der Waals surface area contributed by atoms with Crippen molar-refractivity contribution in [3.05, 3.63) is 71.3 Å². The van der Waals surface area contributed by atoms with E-state index in [0.717, 1.165) is 19.3 Å². The molecule has 4 nitrogen and oxygen atoms in total. The molecular formula is C21H26N2O2. The highest BCUT2D eigenvalue weighted by atomic mass is 16.2. The van der Waals surface area contributed by atoms with Gasteiger partial charge >= 0.3 is 0 Å². The SMILES string of the molecule is CCc1ccc(C(=O)NNC(=O)CC(C)CCc2ccccc2)cc1. The van der Waals surface area contributed by atoms with Gasteiger partial charge < -0.3 is 0 Å². The van der Waals surface area contributed by atoms with Gasteiger partial charge in [0, 0.05) is 12.0 Å². The Balaban J connectivity index is 1.71. The standard InChI is InChI=1S/C21H26N2O2/c1-3-17-11-13-19(14-12-17)21(25)23-22-20(24)15-16(2)9-10-18-7-5-4-6-8-18/h4-8,11-14,16H,3,9-10,15H2,1-2H3,(H,22,24)(H,23,25). The number of hydrogen-bond acceptors (Lipinski definition) is 2. The molecule has 0 heterocycles. The fourth-order valence-corrected chi connectivity index (χ4v) is 2.62. The van der Waals surface area contributed by atoms with Gasteiger partial charge in [0.05, 0.1) is 0 Å². The predicted molar refractivity (Wildman–Crippen MR) is 100.0 cm³/mol. The maximum absolute atomic E-state index is 12.0. The fourth-order valence-electron chi connectivity index (χ4n) is 2.62. The average molecular weight is 338 g/mol. The molecule has 4 heteroatoms. The molecule has 0 aliphatic rings. The van der Waals surface area contributed by atoms with Crippen LogP contribution in [0.5, 0.6) is 0 Å². The number of carbonyl (C=O) groups excluding carboxylic acids is 2. The zero-order valence-corrected chi connectivity index (χ0v) is 14.9. The van der Waals surface area contributed by atoms with Gasteiger partial charge in [0.2, 0.25) is 5.91 Å². The van der Waals surface area contributed by atoms with Crippen LogP contribution < -0.4 is 10.9 Å². The van der Waals surface area contributed by atoms with Crippen LogP contribution in [0, 0.1) is 5.92 Å². The first kappa shape index (κ1) is 18.7. The van der Waals surface area contributed by atoms with Gasteiger partial charge in [0.25, 0.3) is 5.91 Å². The van der Waals surface area contributed by atoms with Crippen LogP contribution in [0.25, 0.3) is 0 Å². The molecular weight excluding hydrogens is 312 g/mol. The summed E-state index contributed by atoms with van der Waals surface area (Å²) in [4.78, 5) is 24.0. The van der Waals surface area contributed by atoms with Crippen LogP contribution in [-0.2, 0) is 17.6 Å². The van der Waals surface area contributed by atoms with Crippen LogP contribution in [0.3, 0.4) is 0 Å². The molecule has 0 aliphatic heterocycles. The topological polar surface area (TPSA) is 58.2 Å². The quantitative estimate of drug-likeness (QED) is 0.757. The lowest BCUT2D eigenvalue weighted by Crippen LogP contribution is -2.42. The van der Waals surface area contributed by atoms with Crippen molar-refractivity contribution >= 4 is 11.8 Å². The molecule has 0 spiro atoms. The van der Waals surface area contributed by atoms with Crippen LogP contribution >= 0.6 is 0 Å². The Labute approximate surface area is 149 Å². The summed E-state index contributed by atoms with van der Waals surface area (Å²) in [7, 11) is 0. The first-order chi connectivity index (χ1) is 12.1. The molecule has 0 bridgehead atoms. The van der Waals surface area contributed by atoms with Gasteiger partial charge in [0.15, 0.2) is 0 Å². The summed E-state index contributed by atoms with van der Waals surface area (Å²) in [5.41, 5.74) is 7.96. The summed E-state index contributed by atoms with van der Waals surface area (Å²) >= 11 is 0. The van der Waals surface area contributed by atoms with Crippen molar-refractivity contribution in [2.75, 3.05) is 0 Å². The third-order valence-electron chi connectivity index (χ3n) is 4.24. The minimum Gasteiger partial charge on any atom is -0.273 e. The summed E-state index contributed by atoms with van der Waals surface area (Å²) in [6.45, 7) is 4.11. The largest absolute Gasteiger partial charge is 0.273 e. The van der Waals surface area contributed by atoms with Crippen LogP contribution in [-0.4, -0.2) is 11.8 Å². The lowest BCUT2D eigenvalue weighted by molar-refractivity contribution is -0.122. The maximum Gasteiger partial charge on any atom is 0.269 e. The van der Waals surface area contributed by atoms with Crippen LogP contribution in [0.2, 0.25) is 0 Å². The number of benzene rings is 2. The van der Waals surface area contributed by atoms with Crippen molar-refractivity contribution in [3.8, 4) is 0 Å². The number of rotatable bonds is 7. The van der Waals surface area contributed by atoms with Gasteiger partial charge in [-0.1, -0.05) is 56.3 Å². The number of amides is 2. The fraction of sp³-hybridized carbons (Fsp3) is 0.333. The van der Waals surface area contributed by atoms with Crippen molar-refractivity contribution in [3.63, 3.8) is 0 Å². The van der Waals surface area contributed by atoms with Crippen LogP contribution in [0.4, 0.5) is 0 Å². The van der Waals surface area contributed by atoms with Gasteiger partial charge in [-0.3, -0.25) is 20.4 Å². The molecule has 0 aromatic heterocycles. The van der Waals surface area contributed by atoms with Crippen LogP contribution in [0.1, 0.15) is 48.2 Å². The number of hydrazine groups is 1. The summed E-state index contributed by atoms with van der Waals surface area (Å²) in [6, 6.07) is 17.6. The highest BCUT2D eigenvalue weighted by Gasteiger charge is 2.11. The Morgan fingerprint density at radius 1 is 0.920 bits per heavy atom. The molecule has 0 radical (unpaired) electrons. The van der Waals surface area contributed by atoms with Crippen molar-refractivity contribution < 1.29 is 9.59 Å². The van der Waals surface area contributed by atoms with E-state index in [4.69, 9.17) is 0 Å². The zero-order valence-electron chi connectivity index (χ0n) is 14.9. The van der Waals surface area contributed by atoms with E-state index in [0.29, 0.717) is 12.0 Å². The normalized spacial score (nSPS) is 11.6. The van der Waals surface area contributed by atoms with E-state index in [-0.39, 0.29) is 17.7 Å². The van der Waals surface area contributed by atoms with Gasteiger partial charge in [-0.15, -0.1) is 0 Å². The molecule has 25 heavy (non-hydrogen) atoms. The molecule has 0 fully saturated rings. The lowest BCUT2D eigenvalue weighted by Gasteiger charge is -2.12. The molecule has 1 atom stereocenters. The van der Waals surface area contributed by atoms with E-state index in [9.17, 15) is 9.59 Å². The Morgan fingerprint density at radius 2 is 1.60 bits per heavy atom. The number of nitrogens with one attached hydrogen (secondary N) is 2. The van der Waals surface area contributed by atoms with Crippen molar-refractivity contribution in [2.45, 2.75) is 39.5 Å². The Bertz CT molecular complexity index is 681. The molecule has 1 unspecified atom stereocenters. The third-order valence-corrected chi connectivity index (χ3v) is 4.24. The number of aryl methyl sites for hydroxylation is 2. The summed E-state index contributed by atoms with van der Waals surface area (Å²) in [6.07, 6.45) is 3.21. The first-order valence-electron chi connectivity index (χ1n) is 8.80. The second-order valence-corrected chi connectivity index (χ2v) is 6.39. The van der Waals surface area contributed by atoms with E-state index >= 15 is 0 Å². The van der Waals surface area contributed by atoms with Gasteiger partial charge in [-0.25, -0.2) is 0 Å². The molecule has 2 amide bonds. The molecule has 2 N–H and O–H groups in total. The Kier molecular flexibility index (Phi) is 7.20. The second kappa shape index (κ2) is 9.62. The molecule has 0 saturated heterocycles. The molecule has 2 aromatic rings. The van der Waals surface area contributed by atoms with E-state index in [1.807, 2.05) is 37.3 Å². The lowest BCUT2D eigenvalue weighted by atomic mass is 9.98. The molecule has 132 valence electrons. The summed E-state index contributed by atoms with van der Waals surface area (Å²) in [5.74, 6) is -0.215. The summed E-state index contributed by atoms with van der Waals surface area (Å²) < 4.78 is 0. The molecule has 2 aromatic carbocycles. The Hall–Kier alpha value is -2.62. The van der Waals surface area contributed by atoms with Crippen LogP contribution in [0.15, 0.2) is 54.6 Å². The van der Waals surface area contributed by atoms with Gasteiger partial charge in [0.1, 0.15) is 0 Å². The summed E-state index contributed by atoms with van der Waals surface area (Å²) in [5, 5.41) is 0. The number of hydrogen-bond donors (Lipinski definition) is 2. The smallest absolute Gasteiger partial charge is 0.269 e. The van der Waals surface area contributed by atoms with E-state index in [1.165, 1.54) is 11.1 Å². The van der Waals surface area contributed by atoms with Crippen molar-refractivity contribution in [1.82, 2.24) is 10.9 Å². The molecule has 0 saturated carbocycles. The van der Waals surface area contributed by atoms with E-state index in [1.54, 1.807) is 12.1 Å². The second-order valence-electron chi connectivity index (χ2n) is 6.39. The highest BCUT2D eigenvalue weighted by Crippen LogP contribution is 2.12. The van der Waals surface area contributed by atoms with Gasteiger partial charge in [-0.2, -0.15) is 0 Å². The van der Waals surface area contributed by atoms with Crippen molar-refractivity contribution in [1.29, 1.82) is 0 Å². The van der Waals surface area contributed by atoms with Gasteiger partial charge in [-0.05, 0) is 48.4 Å². The maximum atomic E-state index is 12.0. The Morgan fingerprint density at radius 3 is 2.24 bits per heavy atom. The number of carbonyl (C=O) groups is 2. The molecule has 2 rings (SSSR count). The highest BCUT2D eigenvalue weighted by molar-refractivity contribution is 5.95. The third kappa shape index (κ3) is 6.42.